The minimum atomic E-state index is -0.987. The third-order valence-corrected chi connectivity index (χ3v) is 9.13. The Morgan fingerprint density at radius 3 is 1.15 bits per heavy atom. The number of hydrogen-bond donors (Lipinski definition) is 0. The van der Waals surface area contributed by atoms with Crippen LogP contribution in [-0.2, 0) is 10.2 Å². The SMILES string of the molecule is COc1ccc(C(C)(C)c2ccc(OC(=O)Oc3ccc(-n4c(=O)c5cc6c(=O)n(-c7ccc(OC(C)=O)cc7)c(=O)c6cc5c4=O)cc3)cc2)cc1. The Labute approximate surface area is 300 Å². The van der Waals surface area contributed by atoms with E-state index in [-0.39, 0.29) is 55.6 Å². The predicted molar refractivity (Wildman–Crippen MR) is 197 cm³/mol. The molecule has 0 fully saturated rings. The van der Waals surface area contributed by atoms with Gasteiger partial charge in [-0.2, -0.15) is 0 Å². The van der Waals surface area contributed by atoms with E-state index in [2.05, 4.69) is 13.8 Å². The van der Waals surface area contributed by atoms with Crippen LogP contribution in [0.25, 0.3) is 32.9 Å². The smallest absolute Gasteiger partial charge is 0.497 e. The Hall–Kier alpha value is -7.08. The fraction of sp³-hybridized carbons (Fsp3) is 0.122. The summed E-state index contributed by atoms with van der Waals surface area (Å²) in [5.41, 5.74) is -0.569. The molecule has 7 aromatic rings. The van der Waals surface area contributed by atoms with Crippen molar-refractivity contribution in [2.24, 2.45) is 0 Å². The number of hydrogen-bond acceptors (Lipinski definition) is 10. The predicted octanol–water partition coefficient (Wildman–Crippen LogP) is 5.73. The van der Waals surface area contributed by atoms with E-state index in [1.165, 1.54) is 67.6 Å². The van der Waals surface area contributed by atoms with Crippen LogP contribution in [-0.4, -0.2) is 28.4 Å². The lowest BCUT2D eigenvalue weighted by Gasteiger charge is -2.26. The van der Waals surface area contributed by atoms with Crippen LogP contribution in [0.15, 0.2) is 128 Å². The number of nitrogens with zero attached hydrogens (tertiary/aromatic N) is 2. The minimum absolute atomic E-state index is 0.0290. The number of esters is 1. The Kier molecular flexibility index (Phi) is 8.58. The van der Waals surface area contributed by atoms with Crippen LogP contribution < -0.4 is 41.2 Å². The largest absolute Gasteiger partial charge is 0.519 e. The normalized spacial score (nSPS) is 11.5. The van der Waals surface area contributed by atoms with E-state index in [9.17, 15) is 28.8 Å². The van der Waals surface area contributed by atoms with Gasteiger partial charge in [0.25, 0.3) is 22.2 Å². The van der Waals surface area contributed by atoms with Crippen molar-refractivity contribution in [1.82, 2.24) is 9.13 Å². The van der Waals surface area contributed by atoms with Gasteiger partial charge in [-0.1, -0.05) is 38.1 Å². The van der Waals surface area contributed by atoms with Crippen molar-refractivity contribution in [3.63, 3.8) is 0 Å². The van der Waals surface area contributed by atoms with Crippen molar-refractivity contribution in [2.45, 2.75) is 26.2 Å². The zero-order valence-corrected chi connectivity index (χ0v) is 28.9. The van der Waals surface area contributed by atoms with Crippen LogP contribution in [0.4, 0.5) is 4.79 Å². The molecule has 53 heavy (non-hydrogen) atoms. The summed E-state index contributed by atoms with van der Waals surface area (Å²) in [6.45, 7) is 5.42. The molecule has 0 atom stereocenters. The molecule has 264 valence electrons. The lowest BCUT2D eigenvalue weighted by atomic mass is 9.78. The number of carbonyl (C=O) groups is 2. The molecule has 0 unspecified atom stereocenters. The van der Waals surface area contributed by atoms with Gasteiger partial charge in [0.05, 0.1) is 40.0 Å². The highest BCUT2D eigenvalue weighted by molar-refractivity contribution is 5.98. The summed E-state index contributed by atoms with van der Waals surface area (Å²) >= 11 is 0. The summed E-state index contributed by atoms with van der Waals surface area (Å²) in [6.07, 6.45) is -0.987. The zero-order chi connectivity index (χ0) is 37.6. The molecular weight excluding hydrogens is 680 g/mol. The highest BCUT2D eigenvalue weighted by Crippen LogP contribution is 2.33. The average molecular weight is 711 g/mol. The molecule has 0 bridgehead atoms. The molecule has 0 aliphatic heterocycles. The molecule has 0 amide bonds. The lowest BCUT2D eigenvalue weighted by molar-refractivity contribution is -0.131. The second-order valence-corrected chi connectivity index (χ2v) is 12.7. The first-order valence-corrected chi connectivity index (χ1v) is 16.3. The van der Waals surface area contributed by atoms with Crippen molar-refractivity contribution in [3.8, 4) is 34.4 Å². The van der Waals surface area contributed by atoms with Crippen LogP contribution >= 0.6 is 0 Å². The second kappa shape index (κ2) is 13.2. The Morgan fingerprint density at radius 1 is 0.491 bits per heavy atom. The lowest BCUT2D eigenvalue weighted by Crippen LogP contribution is -2.24. The molecule has 0 saturated carbocycles. The van der Waals surface area contributed by atoms with Crippen molar-refractivity contribution >= 4 is 33.7 Å². The molecule has 0 saturated heterocycles. The van der Waals surface area contributed by atoms with E-state index in [0.717, 1.165) is 26.0 Å². The highest BCUT2D eigenvalue weighted by Gasteiger charge is 2.24. The Morgan fingerprint density at radius 2 is 0.811 bits per heavy atom. The fourth-order valence-corrected chi connectivity index (χ4v) is 6.26. The van der Waals surface area contributed by atoms with Gasteiger partial charge in [-0.05, 0) is 96.1 Å². The molecule has 12 nitrogen and oxygen atoms in total. The van der Waals surface area contributed by atoms with Crippen molar-refractivity contribution < 1.29 is 28.5 Å². The number of rotatable bonds is 8. The zero-order valence-electron chi connectivity index (χ0n) is 28.9. The minimum Gasteiger partial charge on any atom is -0.497 e. The van der Waals surface area contributed by atoms with Crippen LogP contribution in [0.3, 0.4) is 0 Å². The average Bonchev–Trinajstić information content (AvgIpc) is 3.54. The molecule has 2 aromatic heterocycles. The van der Waals surface area contributed by atoms with Crippen molar-refractivity contribution in [2.75, 3.05) is 7.11 Å². The van der Waals surface area contributed by atoms with Gasteiger partial charge in [0.15, 0.2) is 0 Å². The monoisotopic (exact) mass is 710 g/mol. The van der Waals surface area contributed by atoms with Gasteiger partial charge in [-0.25, -0.2) is 13.9 Å². The first-order chi connectivity index (χ1) is 25.3. The fourth-order valence-electron chi connectivity index (χ4n) is 6.26. The molecule has 0 spiro atoms. The second-order valence-electron chi connectivity index (χ2n) is 12.7. The maximum Gasteiger partial charge on any atom is 0.519 e. The molecule has 12 heteroatoms. The topological polar surface area (TPSA) is 149 Å². The van der Waals surface area contributed by atoms with Gasteiger partial charge in [-0.15, -0.1) is 0 Å². The van der Waals surface area contributed by atoms with Crippen LogP contribution in [0.5, 0.6) is 23.0 Å². The summed E-state index contributed by atoms with van der Waals surface area (Å²) in [5.74, 6) is 0.854. The first-order valence-electron chi connectivity index (χ1n) is 16.3. The summed E-state index contributed by atoms with van der Waals surface area (Å²) in [5, 5.41) is -0.133. The van der Waals surface area contributed by atoms with E-state index < -0.39 is 34.4 Å². The number of benzene rings is 5. The summed E-state index contributed by atoms with van der Waals surface area (Å²) in [7, 11) is 1.62. The van der Waals surface area contributed by atoms with Gasteiger partial charge in [0.2, 0.25) is 0 Å². The van der Waals surface area contributed by atoms with E-state index >= 15 is 0 Å². The van der Waals surface area contributed by atoms with Crippen LogP contribution in [0, 0.1) is 0 Å². The highest BCUT2D eigenvalue weighted by atomic mass is 16.7. The van der Waals surface area contributed by atoms with Crippen molar-refractivity contribution in [1.29, 1.82) is 0 Å². The summed E-state index contributed by atoms with van der Waals surface area (Å²) in [4.78, 5) is 77.4. The number of fused-ring (bicyclic) bond motifs is 2. The molecule has 0 aliphatic carbocycles. The van der Waals surface area contributed by atoms with Crippen LogP contribution in [0.1, 0.15) is 31.9 Å². The molecule has 5 aromatic carbocycles. The van der Waals surface area contributed by atoms with E-state index in [1.807, 2.05) is 36.4 Å². The van der Waals surface area contributed by atoms with Gasteiger partial charge in [-0.3, -0.25) is 24.0 Å². The van der Waals surface area contributed by atoms with Crippen LogP contribution in [0.2, 0.25) is 0 Å². The Bertz CT molecular complexity index is 2670. The number of ether oxygens (including phenoxy) is 4. The molecule has 0 aliphatic rings. The number of aromatic nitrogens is 2. The Balaban J connectivity index is 1.08. The molecule has 2 heterocycles. The maximum atomic E-state index is 13.5. The van der Waals surface area contributed by atoms with Gasteiger partial charge < -0.3 is 18.9 Å². The van der Waals surface area contributed by atoms with Crippen molar-refractivity contribution in [3.05, 3.63) is 162 Å². The molecule has 7 rings (SSSR count). The van der Waals surface area contributed by atoms with E-state index in [0.29, 0.717) is 0 Å². The summed E-state index contributed by atoms with van der Waals surface area (Å²) < 4.78 is 22.8. The van der Waals surface area contributed by atoms with E-state index in [4.69, 9.17) is 18.9 Å². The molecular formula is C41H30N2O10. The standard InChI is InChI=1S/C41H30N2O10/c1-23(44)51-29-17-9-26(10-18-29)42-36(45)32-21-34-35(22-33(32)37(42)46)39(48)43(38(34)47)27-11-19-31(20-12-27)53-40(49)52-30-15-7-25(8-16-30)41(2,3)24-5-13-28(50-4)14-6-24/h5-22H,1-4H3. The third kappa shape index (κ3) is 6.27. The number of methoxy groups -OCH3 is 1. The molecule has 0 radical (unpaired) electrons. The summed E-state index contributed by atoms with van der Waals surface area (Å²) in [6, 6.07) is 28.8. The van der Waals surface area contributed by atoms with Gasteiger partial charge >= 0.3 is 12.1 Å². The van der Waals surface area contributed by atoms with Gasteiger partial charge in [0, 0.05) is 12.3 Å². The maximum absolute atomic E-state index is 13.5. The van der Waals surface area contributed by atoms with Gasteiger partial charge in [0.1, 0.15) is 23.0 Å². The van der Waals surface area contributed by atoms with E-state index in [1.54, 1.807) is 19.2 Å². The first kappa shape index (κ1) is 34.4. The number of carbonyl (C=O) groups excluding carboxylic acids is 2. The third-order valence-electron chi connectivity index (χ3n) is 9.13. The molecule has 0 N–H and O–H groups in total. The quantitative estimate of drug-likeness (QED) is 0.109.